The Kier molecular flexibility index (Phi) is 6.26. The van der Waals surface area contributed by atoms with Gasteiger partial charge in [0.25, 0.3) is 0 Å². The minimum absolute atomic E-state index is 0.0861. The summed E-state index contributed by atoms with van der Waals surface area (Å²) in [4.78, 5) is 3.29. The van der Waals surface area contributed by atoms with Gasteiger partial charge in [0.1, 0.15) is 11.5 Å². The zero-order valence-corrected chi connectivity index (χ0v) is 18.1. The van der Waals surface area contributed by atoms with Crippen LogP contribution in [0.4, 0.5) is 8.78 Å². The van der Waals surface area contributed by atoms with Gasteiger partial charge in [0, 0.05) is 34.7 Å². The van der Waals surface area contributed by atoms with Gasteiger partial charge in [-0.15, -0.1) is 8.78 Å². The SMILES string of the molecule is COc1ccc(S(=O)(=O)NCCc2c(C)[nH]c3ccc(OC(F)(F)Cl)cc23)cc1C. The Labute approximate surface area is 178 Å². The Morgan fingerprint density at radius 3 is 2.53 bits per heavy atom. The van der Waals surface area contributed by atoms with Crippen LogP contribution in [-0.2, 0) is 16.4 Å². The van der Waals surface area contributed by atoms with Crippen molar-refractivity contribution in [2.24, 2.45) is 0 Å². The molecule has 162 valence electrons. The van der Waals surface area contributed by atoms with Gasteiger partial charge in [-0.05, 0) is 67.8 Å². The van der Waals surface area contributed by atoms with Crippen molar-refractivity contribution >= 4 is 32.5 Å². The molecule has 30 heavy (non-hydrogen) atoms. The lowest BCUT2D eigenvalue weighted by Gasteiger charge is -2.11. The van der Waals surface area contributed by atoms with Crippen LogP contribution in [0.15, 0.2) is 41.3 Å². The molecule has 0 fully saturated rings. The van der Waals surface area contributed by atoms with E-state index < -0.39 is 15.6 Å². The number of halogens is 3. The molecule has 10 heteroatoms. The zero-order chi connectivity index (χ0) is 22.1. The highest BCUT2D eigenvalue weighted by atomic mass is 35.5. The summed E-state index contributed by atoms with van der Waals surface area (Å²) in [6, 6.07) is 9.05. The molecule has 3 rings (SSSR count). The first kappa shape index (κ1) is 22.3. The molecule has 0 bridgehead atoms. The molecular formula is C20H21ClF2N2O4S. The van der Waals surface area contributed by atoms with Gasteiger partial charge >= 0.3 is 5.57 Å². The average molecular weight is 459 g/mol. The summed E-state index contributed by atoms with van der Waals surface area (Å²) >= 11 is 4.84. The molecule has 2 aromatic carbocycles. The maximum atomic E-state index is 12.9. The van der Waals surface area contributed by atoms with Crippen LogP contribution in [0.2, 0.25) is 0 Å². The number of benzene rings is 2. The van der Waals surface area contributed by atoms with Crippen LogP contribution in [0.5, 0.6) is 11.5 Å². The van der Waals surface area contributed by atoms with E-state index in [-0.39, 0.29) is 17.2 Å². The number of aryl methyl sites for hydroxylation is 2. The fourth-order valence-corrected chi connectivity index (χ4v) is 4.50. The molecule has 0 saturated carbocycles. The lowest BCUT2D eigenvalue weighted by Crippen LogP contribution is -2.26. The molecule has 0 aliphatic heterocycles. The van der Waals surface area contributed by atoms with Gasteiger partial charge in [-0.2, -0.15) is 0 Å². The third-order valence-electron chi connectivity index (χ3n) is 4.67. The van der Waals surface area contributed by atoms with Crippen LogP contribution >= 0.6 is 11.6 Å². The van der Waals surface area contributed by atoms with Crippen molar-refractivity contribution in [1.82, 2.24) is 9.71 Å². The van der Waals surface area contributed by atoms with E-state index in [1.807, 2.05) is 6.92 Å². The van der Waals surface area contributed by atoms with Gasteiger partial charge in [-0.25, -0.2) is 13.1 Å². The van der Waals surface area contributed by atoms with Crippen LogP contribution in [-0.4, -0.2) is 32.6 Å². The maximum Gasteiger partial charge on any atom is 0.487 e. The van der Waals surface area contributed by atoms with Crippen LogP contribution in [0.3, 0.4) is 0 Å². The summed E-state index contributed by atoms with van der Waals surface area (Å²) in [6.07, 6.45) is 0.348. The second-order valence-corrected chi connectivity index (χ2v) is 8.97. The number of ether oxygens (including phenoxy) is 2. The quantitative estimate of drug-likeness (QED) is 0.488. The minimum Gasteiger partial charge on any atom is -0.496 e. The summed E-state index contributed by atoms with van der Waals surface area (Å²) in [6.45, 7) is 3.71. The number of nitrogens with one attached hydrogen (secondary N) is 2. The molecule has 0 amide bonds. The van der Waals surface area contributed by atoms with E-state index in [2.05, 4.69) is 14.4 Å². The normalized spacial score (nSPS) is 12.3. The number of methoxy groups -OCH3 is 1. The van der Waals surface area contributed by atoms with Crippen LogP contribution in [0.25, 0.3) is 10.9 Å². The highest BCUT2D eigenvalue weighted by Crippen LogP contribution is 2.31. The highest BCUT2D eigenvalue weighted by molar-refractivity contribution is 7.89. The van der Waals surface area contributed by atoms with Gasteiger partial charge in [0.05, 0.1) is 12.0 Å². The molecule has 0 saturated heterocycles. The van der Waals surface area contributed by atoms with E-state index >= 15 is 0 Å². The number of rotatable bonds is 8. The predicted molar refractivity (Wildman–Crippen MR) is 111 cm³/mol. The second-order valence-electron chi connectivity index (χ2n) is 6.76. The van der Waals surface area contributed by atoms with Crippen LogP contribution < -0.4 is 14.2 Å². The van der Waals surface area contributed by atoms with Crippen molar-refractivity contribution in [2.75, 3.05) is 13.7 Å². The fourth-order valence-electron chi connectivity index (χ4n) is 3.29. The lowest BCUT2D eigenvalue weighted by molar-refractivity contribution is -0.0964. The van der Waals surface area contributed by atoms with Crippen molar-refractivity contribution in [1.29, 1.82) is 0 Å². The number of aromatic nitrogens is 1. The highest BCUT2D eigenvalue weighted by Gasteiger charge is 2.28. The van der Waals surface area contributed by atoms with Crippen molar-refractivity contribution in [2.45, 2.75) is 30.7 Å². The number of hydrogen-bond donors (Lipinski definition) is 2. The van der Waals surface area contributed by atoms with Crippen molar-refractivity contribution < 1.29 is 26.7 Å². The lowest BCUT2D eigenvalue weighted by atomic mass is 10.1. The van der Waals surface area contributed by atoms with E-state index in [4.69, 9.17) is 16.3 Å². The minimum atomic E-state index is -3.81. The molecule has 6 nitrogen and oxygen atoms in total. The van der Waals surface area contributed by atoms with E-state index in [0.717, 1.165) is 16.8 Å². The summed E-state index contributed by atoms with van der Waals surface area (Å²) in [5, 5.41) is 0.658. The summed E-state index contributed by atoms with van der Waals surface area (Å²) in [5.74, 6) is 0.515. The van der Waals surface area contributed by atoms with Gasteiger partial charge in [-0.3, -0.25) is 0 Å². The molecule has 2 N–H and O–H groups in total. The number of alkyl halides is 3. The Morgan fingerprint density at radius 1 is 1.17 bits per heavy atom. The molecule has 1 heterocycles. The third kappa shape index (κ3) is 5.03. The molecular weight excluding hydrogens is 438 g/mol. The molecule has 3 aromatic rings. The topological polar surface area (TPSA) is 80.4 Å². The first-order valence-corrected chi connectivity index (χ1v) is 10.9. The van der Waals surface area contributed by atoms with Crippen molar-refractivity contribution in [3.05, 3.63) is 53.2 Å². The van der Waals surface area contributed by atoms with Gasteiger partial charge in [0.15, 0.2) is 0 Å². The second kappa shape index (κ2) is 8.41. The molecule has 0 atom stereocenters. The van der Waals surface area contributed by atoms with Crippen molar-refractivity contribution in [3.8, 4) is 11.5 Å². The monoisotopic (exact) mass is 458 g/mol. The number of sulfonamides is 1. The molecule has 0 aliphatic carbocycles. The van der Waals surface area contributed by atoms with E-state index in [9.17, 15) is 17.2 Å². The number of H-pyrrole nitrogens is 1. The Bertz CT molecular complexity index is 1170. The standard InChI is InChI=1S/C20H21ClF2N2O4S/c1-12-10-15(5-7-19(12)28-3)30(26,27)24-9-8-16-13(2)25-18-6-4-14(11-17(16)18)29-20(21,22)23/h4-7,10-11,24-25H,8-9H2,1-3H3. The Morgan fingerprint density at radius 2 is 1.90 bits per heavy atom. The summed E-state index contributed by atoms with van der Waals surface area (Å²) in [5.41, 5.74) is -0.787. The van der Waals surface area contributed by atoms with E-state index in [0.29, 0.717) is 23.1 Å². The molecule has 0 radical (unpaired) electrons. The molecule has 0 aliphatic rings. The van der Waals surface area contributed by atoms with Crippen LogP contribution in [0, 0.1) is 13.8 Å². The van der Waals surface area contributed by atoms with E-state index in [1.54, 1.807) is 19.1 Å². The smallest absolute Gasteiger partial charge is 0.487 e. The summed E-state index contributed by atoms with van der Waals surface area (Å²) < 4.78 is 63.2. The van der Waals surface area contributed by atoms with Crippen molar-refractivity contribution in [3.63, 3.8) is 0 Å². The maximum absolute atomic E-state index is 12.9. The molecule has 0 spiro atoms. The molecule has 0 unspecified atom stereocenters. The zero-order valence-electron chi connectivity index (χ0n) is 16.6. The number of aromatic amines is 1. The third-order valence-corrected chi connectivity index (χ3v) is 6.20. The van der Waals surface area contributed by atoms with Gasteiger partial charge < -0.3 is 14.5 Å². The Balaban J connectivity index is 1.77. The molecule has 1 aromatic heterocycles. The first-order valence-electron chi connectivity index (χ1n) is 9.01. The van der Waals surface area contributed by atoms with Gasteiger partial charge in [0.2, 0.25) is 10.0 Å². The first-order chi connectivity index (χ1) is 14.0. The fraction of sp³-hybridized carbons (Fsp3) is 0.300. The van der Waals surface area contributed by atoms with Crippen LogP contribution in [0.1, 0.15) is 16.8 Å². The summed E-state index contributed by atoms with van der Waals surface area (Å²) in [7, 11) is -2.20. The van der Waals surface area contributed by atoms with E-state index in [1.165, 1.54) is 31.4 Å². The predicted octanol–water partition coefficient (Wildman–Crippen LogP) is 4.48. The largest absolute Gasteiger partial charge is 0.496 e. The number of fused-ring (bicyclic) bond motifs is 1. The number of hydrogen-bond acceptors (Lipinski definition) is 4. The average Bonchev–Trinajstić information content (AvgIpc) is 2.95. The van der Waals surface area contributed by atoms with Gasteiger partial charge in [-0.1, -0.05) is 0 Å². The Hall–Kier alpha value is -2.36.